The summed E-state index contributed by atoms with van der Waals surface area (Å²) in [6.07, 6.45) is 1.21. The summed E-state index contributed by atoms with van der Waals surface area (Å²) in [5.41, 5.74) is 10.2. The number of aliphatic hydroxyl groups excluding tert-OH is 1. The second kappa shape index (κ2) is 10.6. The first-order valence-corrected chi connectivity index (χ1v) is 12.3. The molecule has 178 valence electrons. The molecule has 1 fully saturated rings. The highest BCUT2D eigenvalue weighted by atomic mass is 35.5. The third-order valence-electron chi connectivity index (χ3n) is 6.28. The summed E-state index contributed by atoms with van der Waals surface area (Å²) < 4.78 is 0. The molecule has 0 spiro atoms. The van der Waals surface area contributed by atoms with Gasteiger partial charge >= 0.3 is 0 Å². The fourth-order valence-electron chi connectivity index (χ4n) is 4.43. The zero-order chi connectivity index (χ0) is 24.4. The number of benzene rings is 2. The number of carbonyl (C=O) groups excluding carboxylic acids is 1. The van der Waals surface area contributed by atoms with Crippen LogP contribution >= 0.6 is 34.8 Å². The van der Waals surface area contributed by atoms with Gasteiger partial charge < -0.3 is 10.8 Å². The molecule has 5 nitrogen and oxygen atoms in total. The van der Waals surface area contributed by atoms with E-state index in [1.165, 1.54) is 0 Å². The summed E-state index contributed by atoms with van der Waals surface area (Å²) >= 11 is 19.3. The normalized spacial score (nSPS) is 15.9. The van der Waals surface area contributed by atoms with Crippen LogP contribution in [0.5, 0.6) is 0 Å². The zero-order valence-corrected chi connectivity index (χ0v) is 21.0. The van der Waals surface area contributed by atoms with Crippen LogP contribution in [0.25, 0.3) is 11.3 Å². The number of carbonyl (C=O) groups is 1. The largest absolute Gasteiger partial charge is 0.393 e. The minimum atomic E-state index is -0.914. The topological polar surface area (TPSA) is 79.5 Å². The minimum absolute atomic E-state index is 0.254. The smallest absolute Gasteiger partial charge is 0.231 e. The molecule has 8 heteroatoms. The molecule has 2 aromatic carbocycles. The Morgan fingerprint density at radius 2 is 1.71 bits per heavy atom. The molecule has 0 radical (unpaired) electrons. The van der Waals surface area contributed by atoms with Crippen molar-refractivity contribution in [1.82, 2.24) is 9.88 Å². The van der Waals surface area contributed by atoms with Gasteiger partial charge in [-0.15, -0.1) is 0 Å². The third kappa shape index (κ3) is 5.40. The van der Waals surface area contributed by atoms with Crippen LogP contribution in [0.4, 0.5) is 0 Å². The molecule has 1 atom stereocenters. The predicted octanol–water partition coefficient (Wildman–Crippen LogP) is 5.59. The van der Waals surface area contributed by atoms with Gasteiger partial charge in [0.1, 0.15) is 5.92 Å². The van der Waals surface area contributed by atoms with E-state index in [0.717, 1.165) is 42.6 Å². The molecule has 0 aliphatic carbocycles. The van der Waals surface area contributed by atoms with Crippen LogP contribution in [0.3, 0.4) is 0 Å². The maximum atomic E-state index is 12.7. The summed E-state index contributed by atoms with van der Waals surface area (Å²) in [6.45, 7) is 4.17. The number of amides is 1. The van der Waals surface area contributed by atoms with Crippen LogP contribution in [0, 0.1) is 6.92 Å². The highest BCUT2D eigenvalue weighted by molar-refractivity contribution is 6.36. The summed E-state index contributed by atoms with van der Waals surface area (Å²) in [5.74, 6) is -1.50. The first kappa shape index (κ1) is 25.0. The van der Waals surface area contributed by atoms with Gasteiger partial charge in [-0.3, -0.25) is 14.7 Å². The van der Waals surface area contributed by atoms with Crippen molar-refractivity contribution >= 4 is 40.7 Å². The lowest BCUT2D eigenvalue weighted by atomic mass is 9.92. The van der Waals surface area contributed by atoms with Crippen molar-refractivity contribution in [2.45, 2.75) is 38.3 Å². The number of pyridine rings is 1. The van der Waals surface area contributed by atoms with E-state index in [-0.39, 0.29) is 6.10 Å². The van der Waals surface area contributed by atoms with Crippen molar-refractivity contribution in [3.63, 3.8) is 0 Å². The van der Waals surface area contributed by atoms with Gasteiger partial charge in [-0.2, -0.15) is 0 Å². The first-order chi connectivity index (χ1) is 16.2. The van der Waals surface area contributed by atoms with Crippen molar-refractivity contribution in [2.24, 2.45) is 5.73 Å². The van der Waals surface area contributed by atoms with Gasteiger partial charge in [0.15, 0.2) is 0 Å². The Kier molecular flexibility index (Phi) is 7.80. The van der Waals surface area contributed by atoms with Gasteiger partial charge in [-0.25, -0.2) is 0 Å². The number of piperidine rings is 1. The molecule has 3 N–H and O–H groups in total. The number of aromatic nitrogens is 1. The Balaban J connectivity index is 1.85. The maximum Gasteiger partial charge on any atom is 0.231 e. The lowest BCUT2D eigenvalue weighted by Crippen LogP contribution is -2.35. The average Bonchev–Trinajstić information content (AvgIpc) is 2.79. The monoisotopic (exact) mass is 517 g/mol. The van der Waals surface area contributed by atoms with E-state index in [0.29, 0.717) is 38.6 Å². The van der Waals surface area contributed by atoms with Gasteiger partial charge in [-0.05, 0) is 61.2 Å². The van der Waals surface area contributed by atoms with E-state index in [1.807, 2.05) is 37.3 Å². The number of primary amides is 1. The van der Waals surface area contributed by atoms with Crippen LogP contribution in [0.1, 0.15) is 41.1 Å². The minimum Gasteiger partial charge on any atom is -0.393 e. The van der Waals surface area contributed by atoms with Crippen molar-refractivity contribution in [2.75, 3.05) is 13.1 Å². The zero-order valence-electron chi connectivity index (χ0n) is 18.8. The summed E-state index contributed by atoms with van der Waals surface area (Å²) in [4.78, 5) is 19.9. The fourth-order valence-corrected chi connectivity index (χ4v) is 5.22. The Morgan fingerprint density at radius 3 is 2.35 bits per heavy atom. The van der Waals surface area contributed by atoms with Crippen molar-refractivity contribution in [3.8, 4) is 11.3 Å². The first-order valence-electron chi connectivity index (χ1n) is 11.1. The molecule has 34 heavy (non-hydrogen) atoms. The van der Waals surface area contributed by atoms with Gasteiger partial charge in [0.05, 0.1) is 17.5 Å². The lowest BCUT2D eigenvalue weighted by Gasteiger charge is -2.30. The second-order valence-electron chi connectivity index (χ2n) is 8.68. The molecule has 1 saturated heterocycles. The molecule has 1 aliphatic heterocycles. The number of halogens is 3. The standard InChI is InChI=1S/C26H26Cl3N3O2/c1-15-18(4-2-5-19(15)27)22-12-16(14-32-10-8-17(33)9-11-32)13-23(31-22)25(26(30)34)24-20(28)6-3-7-21(24)29/h2-7,12-13,17,25,33H,8-11,14H2,1H3,(H2,30,34). The van der Waals surface area contributed by atoms with E-state index >= 15 is 0 Å². The molecule has 0 bridgehead atoms. The van der Waals surface area contributed by atoms with Crippen molar-refractivity contribution in [1.29, 1.82) is 0 Å². The van der Waals surface area contributed by atoms with E-state index < -0.39 is 11.8 Å². The number of nitrogens with two attached hydrogens (primary N) is 1. The number of likely N-dealkylation sites (tertiary alicyclic amines) is 1. The lowest BCUT2D eigenvalue weighted by molar-refractivity contribution is -0.118. The summed E-state index contributed by atoms with van der Waals surface area (Å²) in [7, 11) is 0. The van der Waals surface area contributed by atoms with Crippen molar-refractivity contribution < 1.29 is 9.90 Å². The SMILES string of the molecule is Cc1c(Cl)cccc1-c1cc(CN2CCC(O)CC2)cc(C(C(N)=O)c2c(Cl)cccc2Cl)n1. The van der Waals surface area contributed by atoms with Gasteiger partial charge in [0.25, 0.3) is 0 Å². The predicted molar refractivity (Wildman–Crippen MR) is 137 cm³/mol. The molecular formula is C26H26Cl3N3O2. The quantitative estimate of drug-likeness (QED) is 0.446. The second-order valence-corrected chi connectivity index (χ2v) is 9.90. The molecule has 1 aromatic heterocycles. The Morgan fingerprint density at radius 1 is 1.09 bits per heavy atom. The molecule has 0 saturated carbocycles. The number of nitrogens with zero attached hydrogens (tertiary/aromatic N) is 2. The number of hydrogen-bond acceptors (Lipinski definition) is 4. The highest BCUT2D eigenvalue weighted by Gasteiger charge is 2.28. The molecule has 4 rings (SSSR count). The number of rotatable bonds is 6. The van der Waals surface area contributed by atoms with E-state index in [4.69, 9.17) is 45.5 Å². The van der Waals surface area contributed by atoms with E-state index in [9.17, 15) is 9.90 Å². The number of hydrogen-bond donors (Lipinski definition) is 2. The molecule has 1 unspecified atom stereocenters. The van der Waals surface area contributed by atoms with Gasteiger partial charge in [-0.1, -0.05) is 53.0 Å². The Bertz CT molecular complexity index is 1190. The van der Waals surface area contributed by atoms with Crippen LogP contribution in [-0.4, -0.2) is 40.1 Å². The molecular weight excluding hydrogens is 493 g/mol. The van der Waals surface area contributed by atoms with Crippen molar-refractivity contribution in [3.05, 3.63) is 86.0 Å². The van der Waals surface area contributed by atoms with E-state index in [1.54, 1.807) is 18.2 Å². The van der Waals surface area contributed by atoms with Gasteiger partial charge in [0, 0.05) is 45.8 Å². The van der Waals surface area contributed by atoms with Crippen LogP contribution < -0.4 is 5.73 Å². The summed E-state index contributed by atoms with van der Waals surface area (Å²) in [5, 5.41) is 11.2. The van der Waals surface area contributed by atoms with Crippen LogP contribution in [0.15, 0.2) is 48.5 Å². The summed E-state index contributed by atoms with van der Waals surface area (Å²) in [6, 6.07) is 14.7. The average molecular weight is 519 g/mol. The van der Waals surface area contributed by atoms with Crippen LogP contribution in [-0.2, 0) is 11.3 Å². The Hall–Kier alpha value is -2.15. The number of aliphatic hydroxyl groups is 1. The molecule has 2 heterocycles. The molecule has 3 aromatic rings. The molecule has 1 aliphatic rings. The highest BCUT2D eigenvalue weighted by Crippen LogP contribution is 2.37. The third-order valence-corrected chi connectivity index (χ3v) is 7.35. The molecule has 1 amide bonds. The fraction of sp³-hybridized carbons (Fsp3) is 0.308. The van der Waals surface area contributed by atoms with Gasteiger partial charge in [0.2, 0.25) is 5.91 Å². The Labute approximate surface area is 214 Å². The van der Waals surface area contributed by atoms with Crippen LogP contribution in [0.2, 0.25) is 15.1 Å². The van der Waals surface area contributed by atoms with E-state index in [2.05, 4.69) is 4.90 Å². The maximum absolute atomic E-state index is 12.7.